The molecular weight excluding hydrogens is 1270 g/mol. The van der Waals surface area contributed by atoms with E-state index in [1.54, 1.807) is 0 Å². The molecule has 0 saturated heterocycles. The average molecular weight is 1330 g/mol. The Morgan fingerprint density at radius 2 is 0.439 bits per heavy atom. The SMILES string of the molecule is CCOP(=O)(Cc1c2ccccc2cc2ccccc12)OCC.CCOP(=O)(Cc1c2ccccc2cc2ccccc12)OCC.CCOP(=O)(Cc1c2ccccc2cc2ccccc12)OCC.O=[N+]([O-])[O-].O=[N+]([O-])[O-].O=[N+]([O-])[O-].[Dy+3]. The Balaban J connectivity index is 0.000000291. The van der Waals surface area contributed by atoms with Gasteiger partial charge in [0.2, 0.25) is 0 Å². The van der Waals surface area contributed by atoms with Crippen molar-refractivity contribution in [1.82, 2.24) is 0 Å². The average Bonchev–Trinajstić information content (AvgIpc) is 3.51. The van der Waals surface area contributed by atoms with Crippen molar-refractivity contribution in [3.05, 3.63) is 226 Å². The summed E-state index contributed by atoms with van der Waals surface area (Å²) in [5.41, 5.74) is 3.09. The van der Waals surface area contributed by atoms with Crippen LogP contribution in [0.25, 0.3) is 64.6 Å². The second-order valence-electron chi connectivity index (χ2n) is 16.9. The van der Waals surface area contributed by atoms with Gasteiger partial charge >= 0.3 is 61.0 Å². The summed E-state index contributed by atoms with van der Waals surface area (Å²) in [5.74, 6) is 0. The van der Waals surface area contributed by atoms with Crippen LogP contribution in [-0.2, 0) is 59.3 Å². The molecule has 0 unspecified atom stereocenters. The molecule has 0 heterocycles. The summed E-state index contributed by atoms with van der Waals surface area (Å²) in [6.45, 7) is 13.3. The Morgan fingerprint density at radius 3 is 0.573 bits per heavy atom. The molecule has 0 amide bonds. The second-order valence-corrected chi connectivity index (χ2v) is 23.0. The van der Waals surface area contributed by atoms with Crippen molar-refractivity contribution in [1.29, 1.82) is 0 Å². The maximum absolute atomic E-state index is 13.0. The molecule has 0 aliphatic heterocycles. The molecule has 0 spiro atoms. The van der Waals surface area contributed by atoms with Gasteiger partial charge in [-0.15, -0.1) is 0 Å². The van der Waals surface area contributed by atoms with Crippen molar-refractivity contribution in [2.75, 3.05) is 39.6 Å². The van der Waals surface area contributed by atoms with Crippen LogP contribution in [0, 0.1) is 84.1 Å². The van der Waals surface area contributed by atoms with Crippen LogP contribution in [-0.4, -0.2) is 54.9 Å². The van der Waals surface area contributed by atoms with E-state index >= 15 is 0 Å². The number of benzene rings is 9. The molecule has 0 N–H and O–H groups in total. The van der Waals surface area contributed by atoms with Gasteiger partial charge in [-0.25, -0.2) is 0 Å². The Hall–Kier alpha value is -6.14. The summed E-state index contributed by atoms with van der Waals surface area (Å²) >= 11 is 0. The van der Waals surface area contributed by atoms with Gasteiger partial charge < -0.3 is 73.1 Å². The number of hydrogen-bond donors (Lipinski definition) is 0. The first-order valence-corrected chi connectivity index (χ1v) is 30.7. The van der Waals surface area contributed by atoms with Crippen LogP contribution >= 0.6 is 22.8 Å². The van der Waals surface area contributed by atoms with Gasteiger partial charge in [-0.1, -0.05) is 146 Å². The normalized spacial score (nSPS) is 11.0. The van der Waals surface area contributed by atoms with E-state index in [0.29, 0.717) is 39.6 Å². The Morgan fingerprint density at radius 1 is 0.305 bits per heavy atom. The molecule has 1 radical (unpaired) electrons. The fourth-order valence-electron chi connectivity index (χ4n) is 8.98. The standard InChI is InChI=1S/3C19H21O3P.Dy.3NO3/c3*1-3-21-23(20,22-4-2)14-19-17-11-7-5-9-15(17)13-16-10-6-8-12-18(16)19;;3*2-1(3)4/h3*5-13H,3-4,14H2,1-2H3;;;;/q;;;+3;3*-1. The first-order valence-electron chi connectivity index (χ1n) is 25.5. The Labute approximate surface area is 504 Å². The van der Waals surface area contributed by atoms with Crippen molar-refractivity contribution in [2.45, 2.75) is 60.0 Å². The zero-order valence-corrected chi connectivity index (χ0v) is 50.5. The molecule has 0 aliphatic carbocycles. The van der Waals surface area contributed by atoms with E-state index in [4.69, 9.17) is 73.1 Å². The minimum Gasteiger partial charge on any atom is -0.356 e. The third kappa shape index (κ3) is 21.6. The van der Waals surface area contributed by atoms with Crippen LogP contribution in [0.2, 0.25) is 0 Å². The predicted molar refractivity (Wildman–Crippen MR) is 319 cm³/mol. The van der Waals surface area contributed by atoms with Crippen LogP contribution in [0.3, 0.4) is 0 Å². The molecular formula is C57H63DyN3O18P3. The van der Waals surface area contributed by atoms with Crippen LogP contribution in [0.15, 0.2) is 164 Å². The minimum atomic E-state index is -3.15. The summed E-state index contributed by atoms with van der Waals surface area (Å²) in [6, 6.07) is 55.6. The van der Waals surface area contributed by atoms with Gasteiger partial charge in [-0.2, -0.15) is 0 Å². The van der Waals surface area contributed by atoms with Gasteiger partial charge in [-0.3, -0.25) is 13.7 Å². The quantitative estimate of drug-likeness (QED) is 0.0333. The first-order chi connectivity index (χ1) is 38.7. The number of nitrogens with zero attached hydrogens (tertiary/aromatic N) is 3. The number of rotatable bonds is 18. The monoisotopic (exact) mass is 1330 g/mol. The third-order valence-corrected chi connectivity index (χ3v) is 17.7. The summed E-state index contributed by atoms with van der Waals surface area (Å²) in [6.07, 6.45) is 0.865. The molecule has 82 heavy (non-hydrogen) atoms. The van der Waals surface area contributed by atoms with Crippen molar-refractivity contribution < 1.29 is 94.3 Å². The van der Waals surface area contributed by atoms with Crippen LogP contribution in [0.1, 0.15) is 58.2 Å². The summed E-state index contributed by atoms with van der Waals surface area (Å²) in [7, 11) is -9.45. The van der Waals surface area contributed by atoms with Gasteiger partial charge in [0.05, 0.1) is 73.4 Å². The molecule has 0 fully saturated rings. The number of fused-ring (bicyclic) bond motifs is 6. The molecule has 0 atom stereocenters. The maximum Gasteiger partial charge on any atom is 3.00 e. The van der Waals surface area contributed by atoms with Crippen molar-refractivity contribution in [3.63, 3.8) is 0 Å². The fraction of sp³-hybridized carbons (Fsp3) is 0.263. The van der Waals surface area contributed by atoms with Crippen LogP contribution in [0.5, 0.6) is 0 Å². The second kappa shape index (κ2) is 35.1. The molecule has 0 bridgehead atoms. The molecule has 0 aliphatic rings. The van der Waals surface area contributed by atoms with E-state index in [0.717, 1.165) is 81.3 Å². The fourth-order valence-corrected chi connectivity index (χ4v) is 14.3. The molecule has 439 valence electrons. The Bertz CT molecular complexity index is 3110. The predicted octanol–water partition coefficient (Wildman–Crippen LogP) is 16.6. The van der Waals surface area contributed by atoms with Gasteiger partial charge in [0.1, 0.15) is 0 Å². The molecule has 0 saturated carbocycles. The van der Waals surface area contributed by atoms with E-state index in [2.05, 4.69) is 91.0 Å². The smallest absolute Gasteiger partial charge is 0.356 e. The topological polar surface area (TPSA) is 305 Å². The van der Waals surface area contributed by atoms with E-state index in [1.165, 1.54) is 0 Å². The largest absolute Gasteiger partial charge is 3.00 e. The van der Waals surface area contributed by atoms with Gasteiger partial charge in [-0.05, 0) is 141 Å². The van der Waals surface area contributed by atoms with E-state index < -0.39 is 38.0 Å². The summed E-state index contributed by atoms with van der Waals surface area (Å²) in [5, 5.41) is 57.7. The molecule has 21 nitrogen and oxygen atoms in total. The third-order valence-electron chi connectivity index (χ3n) is 11.7. The minimum absolute atomic E-state index is 0. The maximum atomic E-state index is 13.0. The number of hydrogen-bond acceptors (Lipinski definition) is 18. The van der Waals surface area contributed by atoms with Gasteiger partial charge in [0.15, 0.2) is 0 Å². The molecule has 25 heteroatoms. The summed E-state index contributed by atoms with van der Waals surface area (Å²) in [4.78, 5) is 24.8. The van der Waals surface area contributed by atoms with Crippen LogP contribution < -0.4 is 0 Å². The van der Waals surface area contributed by atoms with Crippen molar-refractivity contribution in [2.24, 2.45) is 0 Å². The van der Waals surface area contributed by atoms with E-state index in [9.17, 15) is 13.7 Å². The molecule has 9 aromatic carbocycles. The van der Waals surface area contributed by atoms with E-state index in [1.807, 2.05) is 114 Å². The first kappa shape index (κ1) is 70.1. The van der Waals surface area contributed by atoms with Gasteiger partial charge in [0, 0.05) is 0 Å². The van der Waals surface area contributed by atoms with Crippen molar-refractivity contribution in [3.8, 4) is 0 Å². The Kier molecular flexibility index (Phi) is 30.0. The van der Waals surface area contributed by atoms with Crippen molar-refractivity contribution >= 4 is 87.4 Å². The van der Waals surface area contributed by atoms with Crippen LogP contribution in [0.4, 0.5) is 0 Å². The van der Waals surface area contributed by atoms with Gasteiger partial charge in [0.25, 0.3) is 0 Å². The zero-order valence-electron chi connectivity index (χ0n) is 45.8. The zero-order chi connectivity index (χ0) is 59.6. The molecule has 0 aromatic heterocycles. The molecule has 9 aromatic rings. The summed E-state index contributed by atoms with van der Waals surface area (Å²) < 4.78 is 72.1. The molecule has 9 rings (SSSR count). The van der Waals surface area contributed by atoms with E-state index in [-0.39, 0.29) is 56.7 Å².